The molecule has 3 aromatic rings. The summed E-state index contributed by atoms with van der Waals surface area (Å²) in [6.45, 7) is 3.60. The van der Waals surface area contributed by atoms with E-state index in [1.165, 1.54) is 4.68 Å². The highest BCUT2D eigenvalue weighted by atomic mass is 16.2. The summed E-state index contributed by atoms with van der Waals surface area (Å²) in [5, 5.41) is 5.27. The summed E-state index contributed by atoms with van der Waals surface area (Å²) in [5.41, 5.74) is 9.35. The lowest BCUT2D eigenvalue weighted by molar-refractivity contribution is 0.0943. The van der Waals surface area contributed by atoms with E-state index < -0.39 is 0 Å². The highest BCUT2D eigenvalue weighted by Gasteiger charge is 2.19. The van der Waals surface area contributed by atoms with E-state index in [1.807, 2.05) is 42.1 Å². The molecule has 5 nitrogen and oxygen atoms in total. The predicted octanol–water partition coefficient (Wildman–Crippen LogP) is 2.26. The lowest BCUT2D eigenvalue weighted by atomic mass is 10.1. The topological polar surface area (TPSA) is 65.8 Å². The monoisotopic (exact) mass is 268 g/mol. The van der Waals surface area contributed by atoms with Crippen molar-refractivity contribution in [2.24, 2.45) is 7.05 Å². The van der Waals surface area contributed by atoms with E-state index in [0.29, 0.717) is 22.6 Å². The van der Waals surface area contributed by atoms with E-state index in [0.717, 1.165) is 10.9 Å². The quantitative estimate of drug-likeness (QED) is 0.736. The lowest BCUT2D eigenvalue weighted by Crippen LogP contribution is -2.16. The van der Waals surface area contributed by atoms with E-state index >= 15 is 0 Å². The number of carbonyl (C=O) groups is 1. The summed E-state index contributed by atoms with van der Waals surface area (Å²) < 4.78 is 3.32. The first-order valence-corrected chi connectivity index (χ1v) is 6.41. The number of nitrogens with two attached hydrogens (primary N) is 1. The van der Waals surface area contributed by atoms with Gasteiger partial charge in [0.25, 0.3) is 5.91 Å². The van der Waals surface area contributed by atoms with Crippen molar-refractivity contribution < 1.29 is 4.79 Å². The van der Waals surface area contributed by atoms with Crippen molar-refractivity contribution in [1.29, 1.82) is 0 Å². The molecule has 0 saturated carbocycles. The van der Waals surface area contributed by atoms with Gasteiger partial charge in [-0.1, -0.05) is 12.1 Å². The molecule has 0 amide bonds. The number of para-hydroxylation sites is 1. The van der Waals surface area contributed by atoms with Gasteiger partial charge in [-0.25, -0.2) is 0 Å². The highest BCUT2D eigenvalue weighted by Crippen LogP contribution is 2.22. The first-order valence-electron chi connectivity index (χ1n) is 6.41. The summed E-state index contributed by atoms with van der Waals surface area (Å²) in [7, 11) is 1.93. The summed E-state index contributed by atoms with van der Waals surface area (Å²) in [6, 6.07) is 7.67. The van der Waals surface area contributed by atoms with Crippen LogP contribution in [0.5, 0.6) is 0 Å². The fraction of sp³-hybridized carbons (Fsp3) is 0.200. The number of fused-ring (bicyclic) bond motifs is 1. The van der Waals surface area contributed by atoms with E-state index in [4.69, 9.17) is 5.73 Å². The fourth-order valence-corrected chi connectivity index (χ4v) is 2.50. The Bertz CT molecular complexity index is 826. The Morgan fingerprint density at radius 1 is 1.25 bits per heavy atom. The maximum absolute atomic E-state index is 12.7. The van der Waals surface area contributed by atoms with Gasteiger partial charge in [-0.15, -0.1) is 0 Å². The molecule has 0 spiro atoms. The van der Waals surface area contributed by atoms with Crippen LogP contribution in [0.4, 0.5) is 5.69 Å². The number of anilines is 1. The van der Waals surface area contributed by atoms with Crippen molar-refractivity contribution in [3.05, 3.63) is 47.4 Å². The van der Waals surface area contributed by atoms with Crippen LogP contribution in [0.2, 0.25) is 0 Å². The molecule has 102 valence electrons. The standard InChI is InChI=1S/C15H16N4O/c1-9-13(16)10(2)19(17-9)15(20)12-6-4-5-11-7-8-18(3)14(11)12/h4-8H,16H2,1-3H3. The highest BCUT2D eigenvalue weighted by molar-refractivity contribution is 6.07. The maximum atomic E-state index is 12.7. The zero-order valence-electron chi connectivity index (χ0n) is 11.7. The zero-order chi connectivity index (χ0) is 14.4. The molecule has 0 unspecified atom stereocenters. The number of carbonyl (C=O) groups excluding carboxylic acids is 1. The fourth-order valence-electron chi connectivity index (χ4n) is 2.50. The largest absolute Gasteiger partial charge is 0.396 e. The number of hydrogen-bond acceptors (Lipinski definition) is 3. The van der Waals surface area contributed by atoms with Crippen LogP contribution in [0.15, 0.2) is 30.5 Å². The Hall–Kier alpha value is -2.56. The third-order valence-electron chi connectivity index (χ3n) is 3.67. The smallest absolute Gasteiger partial charge is 0.280 e. The maximum Gasteiger partial charge on any atom is 0.280 e. The van der Waals surface area contributed by atoms with Gasteiger partial charge in [0, 0.05) is 18.6 Å². The molecule has 0 radical (unpaired) electrons. The average molecular weight is 268 g/mol. The number of rotatable bonds is 1. The van der Waals surface area contributed by atoms with Gasteiger partial charge in [-0.05, 0) is 26.0 Å². The van der Waals surface area contributed by atoms with Gasteiger partial charge in [0.1, 0.15) is 0 Å². The second-order valence-electron chi connectivity index (χ2n) is 4.97. The molecule has 0 bridgehead atoms. The average Bonchev–Trinajstić information content (AvgIpc) is 2.94. The molecule has 3 rings (SSSR count). The van der Waals surface area contributed by atoms with Crippen LogP contribution in [0.3, 0.4) is 0 Å². The summed E-state index contributed by atoms with van der Waals surface area (Å²) in [4.78, 5) is 12.7. The first kappa shape index (κ1) is 12.5. The van der Waals surface area contributed by atoms with E-state index in [1.54, 1.807) is 13.8 Å². The Balaban J connectivity index is 2.22. The Labute approximate surface area is 116 Å². The van der Waals surface area contributed by atoms with Crippen molar-refractivity contribution >= 4 is 22.5 Å². The van der Waals surface area contributed by atoms with Gasteiger partial charge >= 0.3 is 0 Å². The normalized spacial score (nSPS) is 11.2. The van der Waals surface area contributed by atoms with Crippen LogP contribution in [0.25, 0.3) is 10.9 Å². The van der Waals surface area contributed by atoms with Crippen LogP contribution in [0.1, 0.15) is 21.7 Å². The van der Waals surface area contributed by atoms with Gasteiger partial charge in [-0.3, -0.25) is 4.79 Å². The van der Waals surface area contributed by atoms with Crippen LogP contribution >= 0.6 is 0 Å². The Morgan fingerprint density at radius 3 is 2.65 bits per heavy atom. The molecule has 0 atom stereocenters. The molecule has 0 fully saturated rings. The van der Waals surface area contributed by atoms with Gasteiger partial charge < -0.3 is 10.3 Å². The van der Waals surface area contributed by atoms with Gasteiger partial charge in [-0.2, -0.15) is 9.78 Å². The summed E-state index contributed by atoms with van der Waals surface area (Å²) in [5.74, 6) is -0.158. The SMILES string of the molecule is Cc1nn(C(=O)c2cccc3ccn(C)c23)c(C)c1N. The lowest BCUT2D eigenvalue weighted by Gasteiger charge is -2.07. The molecule has 0 aliphatic rings. The Morgan fingerprint density at radius 2 is 2.00 bits per heavy atom. The van der Waals surface area contributed by atoms with Crippen molar-refractivity contribution in [2.45, 2.75) is 13.8 Å². The third kappa shape index (κ3) is 1.63. The number of aryl methyl sites for hydroxylation is 2. The summed E-state index contributed by atoms with van der Waals surface area (Å²) >= 11 is 0. The van der Waals surface area contributed by atoms with Gasteiger partial charge in [0.2, 0.25) is 0 Å². The second kappa shape index (κ2) is 4.23. The zero-order valence-corrected chi connectivity index (χ0v) is 11.7. The molecule has 2 aromatic heterocycles. The number of nitrogen functional groups attached to an aromatic ring is 1. The molecule has 1 aromatic carbocycles. The second-order valence-corrected chi connectivity index (χ2v) is 4.97. The molecule has 0 aliphatic carbocycles. The predicted molar refractivity (Wildman–Crippen MR) is 78.8 cm³/mol. The molecular formula is C15H16N4O. The molecular weight excluding hydrogens is 252 g/mol. The van der Waals surface area contributed by atoms with Gasteiger partial charge in [0.05, 0.1) is 28.2 Å². The minimum atomic E-state index is -0.158. The third-order valence-corrected chi connectivity index (χ3v) is 3.67. The van der Waals surface area contributed by atoms with E-state index in [9.17, 15) is 4.79 Å². The summed E-state index contributed by atoms with van der Waals surface area (Å²) in [6.07, 6.45) is 1.94. The molecule has 0 aliphatic heterocycles. The minimum Gasteiger partial charge on any atom is -0.396 e. The number of hydrogen-bond donors (Lipinski definition) is 1. The number of benzene rings is 1. The Kier molecular flexibility index (Phi) is 2.64. The number of nitrogens with zero attached hydrogens (tertiary/aromatic N) is 3. The van der Waals surface area contributed by atoms with E-state index in [-0.39, 0.29) is 5.91 Å². The van der Waals surface area contributed by atoms with Crippen LogP contribution in [0, 0.1) is 13.8 Å². The first-order chi connectivity index (χ1) is 9.50. The van der Waals surface area contributed by atoms with Crippen molar-refractivity contribution in [2.75, 3.05) is 5.73 Å². The molecule has 5 heteroatoms. The minimum absolute atomic E-state index is 0.158. The molecule has 2 heterocycles. The number of aromatic nitrogens is 3. The van der Waals surface area contributed by atoms with Crippen molar-refractivity contribution in [3.63, 3.8) is 0 Å². The molecule has 0 saturated heterocycles. The van der Waals surface area contributed by atoms with Crippen LogP contribution in [-0.4, -0.2) is 20.3 Å². The van der Waals surface area contributed by atoms with Crippen LogP contribution in [-0.2, 0) is 7.05 Å². The molecule has 2 N–H and O–H groups in total. The van der Waals surface area contributed by atoms with Crippen molar-refractivity contribution in [1.82, 2.24) is 14.3 Å². The van der Waals surface area contributed by atoms with E-state index in [2.05, 4.69) is 5.10 Å². The van der Waals surface area contributed by atoms with Gasteiger partial charge in [0.15, 0.2) is 0 Å². The van der Waals surface area contributed by atoms with Crippen LogP contribution < -0.4 is 5.73 Å². The van der Waals surface area contributed by atoms with Crippen molar-refractivity contribution in [3.8, 4) is 0 Å². The molecule has 20 heavy (non-hydrogen) atoms.